The molecule has 9 nitrogen and oxygen atoms in total. The average molecular weight is 423 g/mol. The standard InChI is InChI=1S/C20H17N5O4S/c1-11(2)19-23-24-20(30-19)22-18(26)13(10-21)8-15-6-7-17(29-15)16-9-14(25(27)28)5-4-12(16)3/h4-9,11H,1-3H3,(H,22,24,26). The van der Waals surface area contributed by atoms with Crippen molar-refractivity contribution in [1.82, 2.24) is 10.2 Å². The van der Waals surface area contributed by atoms with Gasteiger partial charge in [0.25, 0.3) is 11.6 Å². The Morgan fingerprint density at radius 2 is 2.10 bits per heavy atom. The van der Waals surface area contributed by atoms with Crippen LogP contribution in [-0.2, 0) is 4.79 Å². The quantitative estimate of drug-likeness (QED) is 0.263. The fraction of sp³-hybridized carbons (Fsp3) is 0.200. The number of nitro benzene ring substituents is 1. The van der Waals surface area contributed by atoms with Gasteiger partial charge in [-0.1, -0.05) is 31.3 Å². The molecule has 10 heteroatoms. The summed E-state index contributed by atoms with van der Waals surface area (Å²) in [6, 6.07) is 9.52. The summed E-state index contributed by atoms with van der Waals surface area (Å²) < 4.78 is 5.70. The first-order valence-electron chi connectivity index (χ1n) is 8.90. The highest BCUT2D eigenvalue weighted by Crippen LogP contribution is 2.30. The first-order chi connectivity index (χ1) is 14.3. The molecule has 152 valence electrons. The van der Waals surface area contributed by atoms with E-state index in [0.29, 0.717) is 16.5 Å². The zero-order chi connectivity index (χ0) is 21.8. The highest BCUT2D eigenvalue weighted by Gasteiger charge is 2.16. The van der Waals surface area contributed by atoms with E-state index in [4.69, 9.17) is 4.42 Å². The topological polar surface area (TPSA) is 135 Å². The smallest absolute Gasteiger partial charge is 0.270 e. The predicted molar refractivity (Wildman–Crippen MR) is 112 cm³/mol. The van der Waals surface area contributed by atoms with Crippen molar-refractivity contribution in [2.45, 2.75) is 26.7 Å². The summed E-state index contributed by atoms with van der Waals surface area (Å²) in [4.78, 5) is 22.9. The number of nitrogens with zero attached hydrogens (tertiary/aromatic N) is 4. The minimum absolute atomic E-state index is 0.0565. The maximum absolute atomic E-state index is 12.4. The molecular weight excluding hydrogens is 406 g/mol. The molecule has 2 aromatic heterocycles. The summed E-state index contributed by atoms with van der Waals surface area (Å²) in [5, 5.41) is 31.9. The number of hydrogen-bond donors (Lipinski definition) is 1. The zero-order valence-electron chi connectivity index (χ0n) is 16.4. The SMILES string of the molecule is Cc1ccc([N+](=O)[O-])cc1-c1ccc(C=C(C#N)C(=O)Nc2nnc(C(C)C)s2)o1. The molecule has 0 radical (unpaired) electrons. The number of nitrogens with one attached hydrogen (secondary N) is 1. The molecule has 1 N–H and O–H groups in total. The van der Waals surface area contributed by atoms with Crippen LogP contribution in [0.4, 0.5) is 10.8 Å². The number of benzene rings is 1. The van der Waals surface area contributed by atoms with Crippen LogP contribution < -0.4 is 5.32 Å². The molecule has 0 unspecified atom stereocenters. The molecular formula is C20H17N5O4S. The van der Waals surface area contributed by atoms with Gasteiger partial charge in [0.05, 0.1) is 4.92 Å². The van der Waals surface area contributed by atoms with Crippen LogP contribution in [-0.4, -0.2) is 21.0 Å². The molecule has 3 aromatic rings. The highest BCUT2D eigenvalue weighted by atomic mass is 32.1. The first kappa shape index (κ1) is 20.9. The Morgan fingerprint density at radius 3 is 2.73 bits per heavy atom. The van der Waals surface area contributed by atoms with Crippen molar-refractivity contribution in [2.24, 2.45) is 0 Å². The maximum Gasteiger partial charge on any atom is 0.270 e. The first-order valence-corrected chi connectivity index (χ1v) is 9.72. The normalized spacial score (nSPS) is 11.4. The number of aromatic nitrogens is 2. The van der Waals surface area contributed by atoms with Gasteiger partial charge in [-0.3, -0.25) is 20.2 Å². The van der Waals surface area contributed by atoms with E-state index in [1.165, 1.54) is 29.5 Å². The van der Waals surface area contributed by atoms with Gasteiger partial charge in [-0.15, -0.1) is 10.2 Å². The van der Waals surface area contributed by atoms with E-state index >= 15 is 0 Å². The molecule has 3 rings (SSSR count). The van der Waals surface area contributed by atoms with E-state index in [0.717, 1.165) is 10.6 Å². The van der Waals surface area contributed by atoms with Crippen molar-refractivity contribution >= 4 is 34.1 Å². The molecule has 0 fully saturated rings. The number of hydrogen-bond acceptors (Lipinski definition) is 8. The van der Waals surface area contributed by atoms with Crippen molar-refractivity contribution in [3.05, 3.63) is 62.4 Å². The van der Waals surface area contributed by atoms with Crippen LogP contribution >= 0.6 is 11.3 Å². The molecule has 0 saturated heterocycles. The molecule has 2 heterocycles. The van der Waals surface area contributed by atoms with E-state index in [1.807, 2.05) is 19.9 Å². The molecule has 1 aromatic carbocycles. The van der Waals surface area contributed by atoms with Crippen LogP contribution in [0.5, 0.6) is 0 Å². The second-order valence-corrected chi connectivity index (χ2v) is 7.69. The predicted octanol–water partition coefficient (Wildman–Crippen LogP) is 4.68. The van der Waals surface area contributed by atoms with Gasteiger partial charge in [0, 0.05) is 29.7 Å². The van der Waals surface area contributed by atoms with Crippen molar-refractivity contribution in [3.63, 3.8) is 0 Å². The van der Waals surface area contributed by atoms with E-state index in [9.17, 15) is 20.2 Å². The number of carbonyl (C=O) groups excluding carboxylic acids is 1. The van der Waals surface area contributed by atoms with Gasteiger partial charge >= 0.3 is 0 Å². The summed E-state index contributed by atoms with van der Waals surface area (Å²) in [5.41, 5.74) is 1.12. The summed E-state index contributed by atoms with van der Waals surface area (Å²) in [5.74, 6) is 0.208. The third-order valence-electron chi connectivity index (χ3n) is 4.13. The molecule has 0 saturated carbocycles. The highest BCUT2D eigenvalue weighted by molar-refractivity contribution is 7.15. The minimum Gasteiger partial charge on any atom is -0.457 e. The van der Waals surface area contributed by atoms with Crippen LogP contribution in [0, 0.1) is 28.4 Å². The number of anilines is 1. The average Bonchev–Trinajstić information content (AvgIpc) is 3.35. The number of carbonyl (C=O) groups is 1. The van der Waals surface area contributed by atoms with Gasteiger partial charge in [-0.25, -0.2) is 0 Å². The lowest BCUT2D eigenvalue weighted by atomic mass is 10.1. The van der Waals surface area contributed by atoms with Crippen molar-refractivity contribution < 1.29 is 14.1 Å². The van der Waals surface area contributed by atoms with Crippen molar-refractivity contribution in [2.75, 3.05) is 5.32 Å². The number of amides is 1. The molecule has 0 aliphatic carbocycles. The number of rotatable bonds is 6. The number of furan rings is 1. The van der Waals surface area contributed by atoms with Crippen LogP contribution in [0.3, 0.4) is 0 Å². The Bertz CT molecular complexity index is 1190. The lowest BCUT2D eigenvalue weighted by molar-refractivity contribution is -0.384. The lowest BCUT2D eigenvalue weighted by Gasteiger charge is -2.02. The Labute approximate surface area is 175 Å². The molecule has 0 aliphatic heterocycles. The second-order valence-electron chi connectivity index (χ2n) is 6.68. The number of nitriles is 1. The minimum atomic E-state index is -0.631. The zero-order valence-corrected chi connectivity index (χ0v) is 17.2. The van der Waals surface area contributed by atoms with E-state index in [1.54, 1.807) is 25.1 Å². The van der Waals surface area contributed by atoms with Gasteiger partial charge in [0.15, 0.2) is 0 Å². The Morgan fingerprint density at radius 1 is 1.33 bits per heavy atom. The molecule has 0 aliphatic rings. The van der Waals surface area contributed by atoms with Gasteiger partial charge < -0.3 is 4.42 Å². The molecule has 0 spiro atoms. The third kappa shape index (κ3) is 4.59. The largest absolute Gasteiger partial charge is 0.457 e. The van der Waals surface area contributed by atoms with Gasteiger partial charge in [0.1, 0.15) is 28.2 Å². The fourth-order valence-electron chi connectivity index (χ4n) is 2.54. The summed E-state index contributed by atoms with van der Waals surface area (Å²) in [6.07, 6.45) is 1.30. The second kappa shape index (κ2) is 8.67. The van der Waals surface area contributed by atoms with Crippen LogP contribution in [0.25, 0.3) is 17.4 Å². The number of non-ortho nitro benzene ring substituents is 1. The summed E-state index contributed by atoms with van der Waals surface area (Å²) >= 11 is 1.24. The monoisotopic (exact) mass is 423 g/mol. The number of nitro groups is 1. The fourth-order valence-corrected chi connectivity index (χ4v) is 3.28. The number of aryl methyl sites for hydroxylation is 1. The molecule has 0 atom stereocenters. The van der Waals surface area contributed by atoms with E-state index in [-0.39, 0.29) is 22.9 Å². The molecule has 30 heavy (non-hydrogen) atoms. The van der Waals surface area contributed by atoms with Crippen LogP contribution in [0.2, 0.25) is 0 Å². The van der Waals surface area contributed by atoms with Crippen molar-refractivity contribution in [3.8, 4) is 17.4 Å². The Hall–Kier alpha value is -3.84. The lowest BCUT2D eigenvalue weighted by Crippen LogP contribution is -2.13. The van der Waals surface area contributed by atoms with Crippen LogP contribution in [0.1, 0.15) is 36.1 Å². The van der Waals surface area contributed by atoms with Crippen LogP contribution in [0.15, 0.2) is 40.3 Å². The summed E-state index contributed by atoms with van der Waals surface area (Å²) in [7, 11) is 0. The van der Waals surface area contributed by atoms with Gasteiger partial charge in [-0.05, 0) is 24.6 Å². The Balaban J connectivity index is 1.83. The molecule has 0 bridgehead atoms. The van der Waals surface area contributed by atoms with Gasteiger partial charge in [0.2, 0.25) is 5.13 Å². The Kier molecular flexibility index (Phi) is 6.03. The molecule has 1 amide bonds. The van der Waals surface area contributed by atoms with E-state index in [2.05, 4.69) is 15.5 Å². The maximum atomic E-state index is 12.4. The third-order valence-corrected chi connectivity index (χ3v) is 5.27. The van der Waals surface area contributed by atoms with E-state index < -0.39 is 10.8 Å². The summed E-state index contributed by atoms with van der Waals surface area (Å²) in [6.45, 7) is 5.73. The van der Waals surface area contributed by atoms with Gasteiger partial charge in [-0.2, -0.15) is 5.26 Å². The van der Waals surface area contributed by atoms with Crippen molar-refractivity contribution in [1.29, 1.82) is 5.26 Å².